The van der Waals surface area contributed by atoms with Crippen LogP contribution in [0.2, 0.25) is 0 Å². The molecule has 1 aliphatic rings. The molecule has 1 radical (unpaired) electrons. The second-order valence-corrected chi connectivity index (χ2v) is 1.84. The van der Waals surface area contributed by atoms with E-state index in [1.807, 2.05) is 0 Å². The maximum Gasteiger partial charge on any atom is 0.153 e. The summed E-state index contributed by atoms with van der Waals surface area (Å²) in [6.45, 7) is 0. The monoisotopic (exact) mass is 160 g/mol. The summed E-state index contributed by atoms with van der Waals surface area (Å²) >= 11 is 3.07. The van der Waals surface area contributed by atoms with Gasteiger partial charge < -0.3 is 5.73 Å². The van der Waals surface area contributed by atoms with Crippen molar-refractivity contribution >= 4 is 22.1 Å². The SMILES string of the molecule is NC1=C(Br)[N]N=C1. The van der Waals surface area contributed by atoms with Gasteiger partial charge in [0.25, 0.3) is 0 Å². The molecule has 2 N–H and O–H groups in total. The first-order chi connectivity index (χ1) is 3.30. The summed E-state index contributed by atoms with van der Waals surface area (Å²) in [4.78, 5) is 0. The molecule has 37 valence electrons. The zero-order valence-electron chi connectivity index (χ0n) is 3.43. The molecule has 0 atom stereocenters. The van der Waals surface area contributed by atoms with Gasteiger partial charge in [-0.15, -0.1) is 5.43 Å². The molecule has 0 aliphatic carbocycles. The number of nitrogens with zero attached hydrogens (tertiary/aromatic N) is 2. The van der Waals surface area contributed by atoms with Crippen molar-refractivity contribution in [2.24, 2.45) is 10.8 Å². The molecule has 0 saturated carbocycles. The van der Waals surface area contributed by atoms with Crippen LogP contribution in [0.1, 0.15) is 0 Å². The second-order valence-electron chi connectivity index (χ2n) is 1.09. The van der Waals surface area contributed by atoms with Crippen LogP contribution in [-0.4, -0.2) is 6.21 Å². The van der Waals surface area contributed by atoms with E-state index in [2.05, 4.69) is 26.5 Å². The van der Waals surface area contributed by atoms with E-state index in [1.54, 1.807) is 0 Å². The van der Waals surface area contributed by atoms with Crippen LogP contribution in [0.3, 0.4) is 0 Å². The summed E-state index contributed by atoms with van der Waals surface area (Å²) in [6.07, 6.45) is 1.49. The minimum atomic E-state index is 0.583. The number of rotatable bonds is 0. The Labute approximate surface area is 49.4 Å². The van der Waals surface area contributed by atoms with Crippen LogP contribution in [0, 0.1) is 0 Å². The smallest absolute Gasteiger partial charge is 0.153 e. The van der Waals surface area contributed by atoms with Crippen molar-refractivity contribution in [3.63, 3.8) is 0 Å². The van der Waals surface area contributed by atoms with Gasteiger partial charge in [-0.25, -0.2) is 0 Å². The van der Waals surface area contributed by atoms with Gasteiger partial charge in [0, 0.05) is 0 Å². The molecular formula is C3H3BrN3. The highest BCUT2D eigenvalue weighted by Gasteiger charge is 2.02. The van der Waals surface area contributed by atoms with E-state index in [0.717, 1.165) is 0 Å². The van der Waals surface area contributed by atoms with E-state index in [4.69, 9.17) is 5.73 Å². The number of halogens is 1. The van der Waals surface area contributed by atoms with E-state index in [-0.39, 0.29) is 0 Å². The zero-order valence-corrected chi connectivity index (χ0v) is 5.01. The summed E-state index contributed by atoms with van der Waals surface area (Å²) in [6, 6.07) is 0. The Morgan fingerprint density at radius 2 is 2.43 bits per heavy atom. The summed E-state index contributed by atoms with van der Waals surface area (Å²) in [7, 11) is 0. The molecule has 0 bridgehead atoms. The number of hydrogen-bond donors (Lipinski definition) is 1. The van der Waals surface area contributed by atoms with Crippen LogP contribution >= 0.6 is 15.9 Å². The molecule has 0 aromatic rings. The first kappa shape index (κ1) is 4.64. The average Bonchev–Trinajstić information content (AvgIpc) is 1.91. The Balaban J connectivity index is 2.79. The topological polar surface area (TPSA) is 52.5 Å². The van der Waals surface area contributed by atoms with Crippen molar-refractivity contribution in [2.45, 2.75) is 0 Å². The molecule has 1 rings (SSSR count). The molecule has 0 fully saturated rings. The van der Waals surface area contributed by atoms with Crippen LogP contribution in [0.25, 0.3) is 0 Å². The van der Waals surface area contributed by atoms with Crippen molar-refractivity contribution in [1.29, 1.82) is 0 Å². The lowest BCUT2D eigenvalue weighted by Gasteiger charge is -1.82. The highest BCUT2D eigenvalue weighted by atomic mass is 79.9. The lowest BCUT2D eigenvalue weighted by atomic mass is 10.6. The third-order valence-corrected chi connectivity index (χ3v) is 1.20. The molecule has 0 amide bonds. The Hall–Kier alpha value is -0.510. The zero-order chi connectivity index (χ0) is 5.28. The Bertz CT molecular complexity index is 137. The van der Waals surface area contributed by atoms with Crippen molar-refractivity contribution in [3.8, 4) is 0 Å². The first-order valence-corrected chi connectivity index (χ1v) is 2.49. The second kappa shape index (κ2) is 1.54. The summed E-state index contributed by atoms with van der Waals surface area (Å²) in [5.74, 6) is 0. The first-order valence-electron chi connectivity index (χ1n) is 1.70. The van der Waals surface area contributed by atoms with E-state index >= 15 is 0 Å². The van der Waals surface area contributed by atoms with Crippen LogP contribution in [0.15, 0.2) is 15.4 Å². The maximum absolute atomic E-state index is 5.27. The van der Waals surface area contributed by atoms with Crippen molar-refractivity contribution in [1.82, 2.24) is 5.43 Å². The molecule has 1 heterocycles. The molecule has 0 aromatic heterocycles. The largest absolute Gasteiger partial charge is 0.395 e. The van der Waals surface area contributed by atoms with E-state index < -0.39 is 0 Å². The third kappa shape index (κ3) is 0.742. The van der Waals surface area contributed by atoms with Gasteiger partial charge in [-0.2, -0.15) is 5.10 Å². The van der Waals surface area contributed by atoms with E-state index in [9.17, 15) is 0 Å². The summed E-state index contributed by atoms with van der Waals surface area (Å²) < 4.78 is 0.618. The standard InChI is InChI=1S/C3H3BrN3/c4-3-2(5)1-6-7-3/h1H,5H2. The van der Waals surface area contributed by atoms with Gasteiger partial charge in [0.1, 0.15) is 0 Å². The van der Waals surface area contributed by atoms with Crippen LogP contribution < -0.4 is 11.2 Å². The minimum Gasteiger partial charge on any atom is -0.395 e. The highest BCUT2D eigenvalue weighted by Crippen LogP contribution is 2.07. The predicted molar refractivity (Wildman–Crippen MR) is 30.8 cm³/mol. The fourth-order valence-corrected chi connectivity index (χ4v) is 0.447. The number of nitrogens with two attached hydrogens (primary N) is 1. The number of hydrogen-bond acceptors (Lipinski definition) is 2. The molecule has 0 aromatic carbocycles. The molecule has 1 aliphatic heterocycles. The Kier molecular flexibility index (Phi) is 1.02. The number of allylic oxidation sites excluding steroid dienone is 1. The molecular weight excluding hydrogens is 158 g/mol. The van der Waals surface area contributed by atoms with Crippen molar-refractivity contribution in [3.05, 3.63) is 10.3 Å². The summed E-state index contributed by atoms with van der Waals surface area (Å²) in [5, 5.41) is 3.50. The molecule has 0 spiro atoms. The van der Waals surface area contributed by atoms with Gasteiger partial charge in [0.15, 0.2) is 4.61 Å². The van der Waals surface area contributed by atoms with E-state index in [1.165, 1.54) is 6.21 Å². The fourth-order valence-electron chi connectivity index (χ4n) is 0.253. The minimum absolute atomic E-state index is 0.583. The Morgan fingerprint density at radius 3 is 2.57 bits per heavy atom. The fraction of sp³-hybridized carbons (Fsp3) is 0. The predicted octanol–water partition coefficient (Wildman–Crippen LogP) is 0.113. The Morgan fingerprint density at radius 1 is 1.71 bits per heavy atom. The summed E-state index contributed by atoms with van der Waals surface area (Å²) in [5.41, 5.74) is 9.41. The van der Waals surface area contributed by atoms with Gasteiger partial charge in [-0.3, -0.25) is 0 Å². The molecule has 0 unspecified atom stereocenters. The molecule has 3 nitrogen and oxygen atoms in total. The molecule has 7 heavy (non-hydrogen) atoms. The average molecular weight is 161 g/mol. The van der Waals surface area contributed by atoms with Crippen LogP contribution in [0.5, 0.6) is 0 Å². The van der Waals surface area contributed by atoms with Gasteiger partial charge in [-0.1, -0.05) is 0 Å². The van der Waals surface area contributed by atoms with E-state index in [0.29, 0.717) is 10.3 Å². The van der Waals surface area contributed by atoms with Crippen LogP contribution in [0.4, 0.5) is 0 Å². The lowest BCUT2D eigenvalue weighted by Crippen LogP contribution is -1.96. The highest BCUT2D eigenvalue weighted by molar-refractivity contribution is 9.11. The normalized spacial score (nSPS) is 17.9. The van der Waals surface area contributed by atoms with Gasteiger partial charge in [0.05, 0.1) is 11.9 Å². The van der Waals surface area contributed by atoms with Crippen molar-refractivity contribution in [2.75, 3.05) is 0 Å². The molecule has 4 heteroatoms. The molecule has 0 saturated heterocycles. The van der Waals surface area contributed by atoms with Gasteiger partial charge in [-0.05, 0) is 15.9 Å². The van der Waals surface area contributed by atoms with Gasteiger partial charge in [0.2, 0.25) is 0 Å². The van der Waals surface area contributed by atoms with Gasteiger partial charge >= 0.3 is 0 Å². The third-order valence-electron chi connectivity index (χ3n) is 0.581. The van der Waals surface area contributed by atoms with Crippen molar-refractivity contribution < 1.29 is 0 Å². The lowest BCUT2D eigenvalue weighted by molar-refractivity contribution is 0.960. The maximum atomic E-state index is 5.27. The van der Waals surface area contributed by atoms with Crippen LogP contribution in [-0.2, 0) is 0 Å². The quantitative estimate of drug-likeness (QED) is 0.503.